The highest BCUT2D eigenvalue weighted by atomic mass is 16.6. The van der Waals surface area contributed by atoms with E-state index >= 15 is 0 Å². The van der Waals surface area contributed by atoms with E-state index in [9.17, 15) is 5.26 Å². The van der Waals surface area contributed by atoms with Gasteiger partial charge in [-0.15, -0.1) is 0 Å². The van der Waals surface area contributed by atoms with Gasteiger partial charge in [-0.3, -0.25) is 0 Å². The number of unbranched alkanes of at least 4 members (excludes halogenated alkanes) is 1. The van der Waals surface area contributed by atoms with Crippen molar-refractivity contribution < 1.29 is 9.47 Å². The van der Waals surface area contributed by atoms with Gasteiger partial charge in [0, 0.05) is 0 Å². The van der Waals surface area contributed by atoms with Gasteiger partial charge < -0.3 is 9.47 Å². The molecule has 3 atom stereocenters. The third-order valence-electron chi connectivity index (χ3n) is 3.58. The zero-order valence-corrected chi connectivity index (χ0v) is 10.1. The first-order chi connectivity index (χ1) is 7.74. The fourth-order valence-electron chi connectivity index (χ4n) is 2.52. The molecule has 3 heteroatoms. The average Bonchev–Trinajstić information content (AvgIpc) is 3.08. The van der Waals surface area contributed by atoms with Crippen molar-refractivity contribution in [1.29, 1.82) is 5.26 Å². The molecule has 0 aromatic heterocycles. The monoisotopic (exact) mass is 223 g/mol. The second-order valence-corrected chi connectivity index (χ2v) is 5.13. The summed E-state index contributed by atoms with van der Waals surface area (Å²) in [5, 5.41) is 9.28. The summed E-state index contributed by atoms with van der Waals surface area (Å²) >= 11 is 0. The first kappa shape index (κ1) is 11.9. The largest absolute Gasteiger partial charge is 0.373 e. The van der Waals surface area contributed by atoms with Gasteiger partial charge in [0.1, 0.15) is 0 Å². The van der Waals surface area contributed by atoms with Crippen molar-refractivity contribution >= 4 is 0 Å². The smallest absolute Gasteiger partial charge is 0.154 e. The Balaban J connectivity index is 1.72. The lowest BCUT2D eigenvalue weighted by Gasteiger charge is -2.35. The molecule has 2 saturated heterocycles. The van der Waals surface area contributed by atoms with Gasteiger partial charge in [0.05, 0.1) is 24.9 Å². The summed E-state index contributed by atoms with van der Waals surface area (Å²) < 4.78 is 11.0. The van der Waals surface area contributed by atoms with E-state index in [4.69, 9.17) is 9.47 Å². The highest BCUT2D eigenvalue weighted by molar-refractivity contribution is 5.03. The number of rotatable bonds is 5. The van der Waals surface area contributed by atoms with E-state index in [-0.39, 0.29) is 6.10 Å². The van der Waals surface area contributed by atoms with Crippen molar-refractivity contribution in [3.05, 3.63) is 0 Å². The first-order valence-electron chi connectivity index (χ1n) is 6.45. The topological polar surface area (TPSA) is 45.5 Å². The molecule has 2 rings (SSSR count). The summed E-state index contributed by atoms with van der Waals surface area (Å²) in [7, 11) is 0. The standard InChI is InChI=1S/C13H21NO2/c1-11-5-4-8-13(10-14,16-11)7-3-2-6-12-9-15-12/h11-12H,2-9H2,1H3/t11-,12+,13+/m0/s1. The van der Waals surface area contributed by atoms with Crippen LogP contribution in [0.25, 0.3) is 0 Å². The third kappa shape index (κ3) is 3.20. The van der Waals surface area contributed by atoms with Gasteiger partial charge in [-0.25, -0.2) is 0 Å². The fourth-order valence-corrected chi connectivity index (χ4v) is 2.52. The molecular weight excluding hydrogens is 202 g/mol. The first-order valence-corrected chi connectivity index (χ1v) is 6.45. The van der Waals surface area contributed by atoms with Crippen molar-refractivity contribution in [3.63, 3.8) is 0 Å². The van der Waals surface area contributed by atoms with Gasteiger partial charge >= 0.3 is 0 Å². The SMILES string of the molecule is C[C@H]1CCC[C@@](C#N)(CCCC[C@@H]2CO2)O1. The maximum Gasteiger partial charge on any atom is 0.154 e. The Bertz CT molecular complexity index is 270. The van der Waals surface area contributed by atoms with Gasteiger partial charge in [0.15, 0.2) is 5.60 Å². The van der Waals surface area contributed by atoms with Crippen LogP contribution >= 0.6 is 0 Å². The molecule has 0 saturated carbocycles. The predicted octanol–water partition coefficient (Wildman–Crippen LogP) is 2.80. The van der Waals surface area contributed by atoms with Crippen molar-refractivity contribution in [1.82, 2.24) is 0 Å². The van der Waals surface area contributed by atoms with Crippen LogP contribution in [-0.2, 0) is 9.47 Å². The van der Waals surface area contributed by atoms with Crippen LogP contribution in [-0.4, -0.2) is 24.4 Å². The Morgan fingerprint density at radius 3 is 2.88 bits per heavy atom. The van der Waals surface area contributed by atoms with E-state index in [1.54, 1.807) is 0 Å². The van der Waals surface area contributed by atoms with Gasteiger partial charge in [-0.2, -0.15) is 5.26 Å². The van der Waals surface area contributed by atoms with Crippen LogP contribution in [0, 0.1) is 11.3 Å². The number of epoxide rings is 1. The summed E-state index contributed by atoms with van der Waals surface area (Å²) in [6.45, 7) is 3.01. The molecule has 0 aliphatic carbocycles. The van der Waals surface area contributed by atoms with Gasteiger partial charge in [-0.05, 0) is 45.4 Å². The minimum Gasteiger partial charge on any atom is -0.373 e. The molecule has 0 N–H and O–H groups in total. The molecule has 90 valence electrons. The Kier molecular flexibility index (Phi) is 3.83. The molecule has 0 radical (unpaired) electrons. The van der Waals surface area contributed by atoms with E-state index in [1.165, 1.54) is 0 Å². The Hall–Kier alpha value is -0.590. The van der Waals surface area contributed by atoms with Crippen LogP contribution in [0.3, 0.4) is 0 Å². The molecule has 0 aromatic carbocycles. The van der Waals surface area contributed by atoms with Gasteiger partial charge in [0.25, 0.3) is 0 Å². The zero-order valence-electron chi connectivity index (χ0n) is 10.1. The Labute approximate surface area is 97.7 Å². The van der Waals surface area contributed by atoms with Crippen LogP contribution in [0.5, 0.6) is 0 Å². The number of hydrogen-bond donors (Lipinski definition) is 0. The molecular formula is C13H21NO2. The molecule has 2 aliphatic rings. The van der Waals surface area contributed by atoms with Gasteiger partial charge in [-0.1, -0.05) is 6.42 Å². The van der Waals surface area contributed by atoms with E-state index in [1.807, 2.05) is 0 Å². The normalized spacial score (nSPS) is 38.0. The van der Waals surface area contributed by atoms with Crippen molar-refractivity contribution in [3.8, 4) is 6.07 Å². The number of ether oxygens (including phenoxy) is 2. The van der Waals surface area contributed by atoms with Crippen molar-refractivity contribution in [2.24, 2.45) is 0 Å². The molecule has 2 aliphatic heterocycles. The highest BCUT2D eigenvalue weighted by Gasteiger charge is 2.35. The van der Waals surface area contributed by atoms with Crippen LogP contribution in [0.2, 0.25) is 0 Å². The van der Waals surface area contributed by atoms with Gasteiger partial charge in [0.2, 0.25) is 0 Å². The molecule has 0 spiro atoms. The van der Waals surface area contributed by atoms with Crippen LogP contribution in [0.15, 0.2) is 0 Å². The Morgan fingerprint density at radius 1 is 1.44 bits per heavy atom. The van der Waals surface area contributed by atoms with E-state index in [2.05, 4.69) is 13.0 Å². The average molecular weight is 223 g/mol. The minimum absolute atomic E-state index is 0.250. The van der Waals surface area contributed by atoms with Crippen molar-refractivity contribution in [2.75, 3.05) is 6.61 Å². The van der Waals surface area contributed by atoms with Crippen LogP contribution in [0.4, 0.5) is 0 Å². The molecule has 0 amide bonds. The maximum absolute atomic E-state index is 9.28. The molecule has 0 unspecified atom stereocenters. The number of nitriles is 1. The summed E-state index contributed by atoms with van der Waals surface area (Å²) in [5.41, 5.74) is -0.484. The fraction of sp³-hybridized carbons (Fsp3) is 0.923. The van der Waals surface area contributed by atoms with Crippen LogP contribution < -0.4 is 0 Å². The lowest BCUT2D eigenvalue weighted by molar-refractivity contribution is -0.0908. The molecule has 16 heavy (non-hydrogen) atoms. The summed E-state index contributed by atoms with van der Waals surface area (Å²) in [5.74, 6) is 0. The Morgan fingerprint density at radius 2 is 2.25 bits per heavy atom. The summed E-state index contributed by atoms with van der Waals surface area (Å²) in [6.07, 6.45) is 8.18. The second kappa shape index (κ2) is 5.16. The lowest BCUT2D eigenvalue weighted by atomic mass is 9.88. The third-order valence-corrected chi connectivity index (χ3v) is 3.58. The zero-order chi connectivity index (χ0) is 11.4. The van der Waals surface area contributed by atoms with E-state index in [0.717, 1.165) is 51.6 Å². The predicted molar refractivity (Wildman–Crippen MR) is 61.0 cm³/mol. The van der Waals surface area contributed by atoms with E-state index < -0.39 is 5.60 Å². The second-order valence-electron chi connectivity index (χ2n) is 5.13. The summed E-state index contributed by atoms with van der Waals surface area (Å²) in [6, 6.07) is 2.40. The van der Waals surface area contributed by atoms with E-state index in [0.29, 0.717) is 6.10 Å². The summed E-state index contributed by atoms with van der Waals surface area (Å²) in [4.78, 5) is 0. The highest BCUT2D eigenvalue weighted by Crippen LogP contribution is 2.33. The number of nitrogens with zero attached hydrogens (tertiary/aromatic N) is 1. The molecule has 2 fully saturated rings. The van der Waals surface area contributed by atoms with Crippen molar-refractivity contribution in [2.45, 2.75) is 69.7 Å². The molecule has 0 aromatic rings. The number of hydrogen-bond acceptors (Lipinski definition) is 3. The maximum atomic E-state index is 9.28. The molecule has 2 heterocycles. The molecule has 0 bridgehead atoms. The van der Waals surface area contributed by atoms with Crippen LogP contribution in [0.1, 0.15) is 51.9 Å². The quantitative estimate of drug-likeness (QED) is 0.532. The minimum atomic E-state index is -0.484. The lowest BCUT2D eigenvalue weighted by Crippen LogP contribution is -2.38. The molecule has 3 nitrogen and oxygen atoms in total.